The number of piperidine rings is 2. The van der Waals surface area contributed by atoms with E-state index in [1.807, 2.05) is 12.1 Å². The lowest BCUT2D eigenvalue weighted by atomic mass is 9.85. The number of para-hydroxylation sites is 1. The minimum absolute atomic E-state index is 0.0876. The molecule has 0 amide bonds. The third kappa shape index (κ3) is 1.80. The van der Waals surface area contributed by atoms with Crippen molar-refractivity contribution in [2.24, 2.45) is 11.8 Å². The van der Waals surface area contributed by atoms with Crippen LogP contribution in [0, 0.1) is 17.7 Å². The van der Waals surface area contributed by atoms with Gasteiger partial charge < -0.3 is 10.2 Å². The summed E-state index contributed by atoms with van der Waals surface area (Å²) in [4.78, 5) is 2.22. The van der Waals surface area contributed by atoms with Crippen molar-refractivity contribution in [1.82, 2.24) is 5.32 Å². The van der Waals surface area contributed by atoms with Crippen LogP contribution in [-0.4, -0.2) is 26.2 Å². The first kappa shape index (κ1) is 10.1. The fraction of sp³-hybridized carbons (Fsp3) is 0.538. The lowest BCUT2D eigenvalue weighted by Gasteiger charge is -2.42. The highest BCUT2D eigenvalue weighted by molar-refractivity contribution is 5.48. The van der Waals surface area contributed by atoms with Crippen molar-refractivity contribution >= 4 is 5.69 Å². The number of fused-ring (bicyclic) bond motifs is 2. The van der Waals surface area contributed by atoms with Gasteiger partial charge in [0.2, 0.25) is 0 Å². The van der Waals surface area contributed by atoms with E-state index in [9.17, 15) is 4.39 Å². The molecule has 2 nitrogen and oxygen atoms in total. The third-order valence-electron chi connectivity index (χ3n) is 3.68. The highest BCUT2D eigenvalue weighted by atomic mass is 19.1. The quantitative estimate of drug-likeness (QED) is 0.777. The molecule has 0 radical (unpaired) electrons. The minimum atomic E-state index is -0.0876. The first-order valence-electron chi connectivity index (χ1n) is 6.03. The number of halogens is 1. The second-order valence-electron chi connectivity index (χ2n) is 4.98. The zero-order chi connectivity index (χ0) is 11.0. The molecule has 86 valence electrons. The average Bonchev–Trinajstić information content (AvgIpc) is 2.29. The molecule has 2 aliphatic heterocycles. The van der Waals surface area contributed by atoms with Gasteiger partial charge in [-0.1, -0.05) is 12.1 Å². The summed E-state index contributed by atoms with van der Waals surface area (Å²) in [6, 6.07) is 7.12. The topological polar surface area (TPSA) is 15.3 Å². The van der Waals surface area contributed by atoms with Crippen LogP contribution in [0.3, 0.4) is 0 Å². The lowest BCUT2D eigenvalue weighted by molar-refractivity contribution is 0.249. The van der Waals surface area contributed by atoms with Crippen LogP contribution in [0.1, 0.15) is 6.42 Å². The maximum Gasteiger partial charge on any atom is 0.146 e. The Balaban J connectivity index is 1.83. The first-order chi connectivity index (χ1) is 7.83. The summed E-state index contributed by atoms with van der Waals surface area (Å²) in [6.07, 6.45) is 1.30. The van der Waals surface area contributed by atoms with Gasteiger partial charge in [-0.15, -0.1) is 0 Å². The Morgan fingerprint density at radius 3 is 2.50 bits per heavy atom. The summed E-state index contributed by atoms with van der Waals surface area (Å²) in [6.45, 7) is 4.15. The Labute approximate surface area is 95.4 Å². The number of benzene rings is 1. The number of nitrogens with one attached hydrogen (secondary N) is 1. The SMILES string of the molecule is Fc1ccccc1N1CC2CNCC(C2)C1. The summed E-state index contributed by atoms with van der Waals surface area (Å²) in [5.74, 6) is 1.29. The molecule has 2 saturated heterocycles. The van der Waals surface area contributed by atoms with Gasteiger partial charge in [-0.25, -0.2) is 4.39 Å². The average molecular weight is 220 g/mol. The van der Waals surface area contributed by atoms with Gasteiger partial charge in [-0.05, 0) is 43.5 Å². The predicted molar refractivity (Wildman–Crippen MR) is 63.1 cm³/mol. The van der Waals surface area contributed by atoms with Gasteiger partial charge in [0.15, 0.2) is 0 Å². The number of anilines is 1. The molecule has 2 heterocycles. The maximum absolute atomic E-state index is 13.7. The number of hydrogen-bond acceptors (Lipinski definition) is 2. The molecule has 1 N–H and O–H groups in total. The molecular weight excluding hydrogens is 203 g/mol. The van der Waals surface area contributed by atoms with Gasteiger partial charge in [-0.3, -0.25) is 0 Å². The van der Waals surface area contributed by atoms with E-state index < -0.39 is 0 Å². The van der Waals surface area contributed by atoms with E-state index in [1.54, 1.807) is 12.1 Å². The van der Waals surface area contributed by atoms with Crippen molar-refractivity contribution in [3.05, 3.63) is 30.1 Å². The Morgan fingerprint density at radius 2 is 1.81 bits per heavy atom. The minimum Gasteiger partial charge on any atom is -0.369 e. The Morgan fingerprint density at radius 1 is 1.12 bits per heavy atom. The second-order valence-corrected chi connectivity index (χ2v) is 4.98. The second kappa shape index (κ2) is 4.06. The summed E-state index contributed by atoms with van der Waals surface area (Å²) in [5, 5.41) is 3.45. The lowest BCUT2D eigenvalue weighted by Crippen LogP contribution is -2.51. The van der Waals surface area contributed by atoms with Crippen LogP contribution < -0.4 is 10.2 Å². The monoisotopic (exact) mass is 220 g/mol. The van der Waals surface area contributed by atoms with Gasteiger partial charge in [-0.2, -0.15) is 0 Å². The molecular formula is C13H17FN2. The molecule has 2 unspecified atom stereocenters. The van der Waals surface area contributed by atoms with Crippen LogP contribution in [0.4, 0.5) is 10.1 Å². The number of rotatable bonds is 1. The fourth-order valence-electron chi connectivity index (χ4n) is 3.01. The van der Waals surface area contributed by atoms with E-state index in [2.05, 4.69) is 10.2 Å². The smallest absolute Gasteiger partial charge is 0.146 e. The summed E-state index contributed by atoms with van der Waals surface area (Å²) in [7, 11) is 0. The fourth-order valence-corrected chi connectivity index (χ4v) is 3.01. The normalized spacial score (nSPS) is 29.2. The predicted octanol–water partition coefficient (Wildman–Crippen LogP) is 1.87. The van der Waals surface area contributed by atoms with Crippen LogP contribution >= 0.6 is 0 Å². The first-order valence-corrected chi connectivity index (χ1v) is 6.03. The summed E-state index contributed by atoms with van der Waals surface area (Å²) >= 11 is 0. The molecule has 2 bridgehead atoms. The van der Waals surface area contributed by atoms with Gasteiger partial charge in [0, 0.05) is 13.1 Å². The molecule has 2 atom stereocenters. The van der Waals surface area contributed by atoms with Crippen molar-refractivity contribution in [2.45, 2.75) is 6.42 Å². The van der Waals surface area contributed by atoms with Gasteiger partial charge in [0.05, 0.1) is 5.69 Å². The molecule has 2 fully saturated rings. The van der Waals surface area contributed by atoms with Crippen LogP contribution in [0.2, 0.25) is 0 Å². The molecule has 0 aliphatic carbocycles. The van der Waals surface area contributed by atoms with E-state index in [1.165, 1.54) is 6.42 Å². The van der Waals surface area contributed by atoms with Crippen molar-refractivity contribution in [1.29, 1.82) is 0 Å². The van der Waals surface area contributed by atoms with Gasteiger partial charge in [0.1, 0.15) is 5.82 Å². The van der Waals surface area contributed by atoms with E-state index in [0.717, 1.165) is 31.9 Å². The molecule has 1 aromatic carbocycles. The maximum atomic E-state index is 13.7. The van der Waals surface area contributed by atoms with Gasteiger partial charge >= 0.3 is 0 Å². The van der Waals surface area contributed by atoms with E-state index in [0.29, 0.717) is 11.8 Å². The standard InChI is InChI=1S/C13H17FN2/c14-12-3-1-2-4-13(12)16-8-10-5-11(9-16)7-15-6-10/h1-4,10-11,15H,5-9H2. The number of nitrogens with zero attached hydrogens (tertiary/aromatic N) is 1. The Hall–Kier alpha value is -1.09. The van der Waals surface area contributed by atoms with Crippen LogP contribution in [0.5, 0.6) is 0 Å². The summed E-state index contributed by atoms with van der Waals surface area (Å²) in [5.41, 5.74) is 0.777. The Bertz CT molecular complexity index is 368. The molecule has 0 spiro atoms. The van der Waals surface area contributed by atoms with Crippen molar-refractivity contribution in [3.8, 4) is 0 Å². The summed E-state index contributed by atoms with van der Waals surface area (Å²) < 4.78 is 13.7. The van der Waals surface area contributed by atoms with Crippen molar-refractivity contribution in [2.75, 3.05) is 31.1 Å². The van der Waals surface area contributed by atoms with Crippen LogP contribution in [-0.2, 0) is 0 Å². The van der Waals surface area contributed by atoms with Crippen molar-refractivity contribution in [3.63, 3.8) is 0 Å². The van der Waals surface area contributed by atoms with Crippen LogP contribution in [0.15, 0.2) is 24.3 Å². The number of hydrogen-bond donors (Lipinski definition) is 1. The molecule has 16 heavy (non-hydrogen) atoms. The van der Waals surface area contributed by atoms with E-state index in [-0.39, 0.29) is 5.82 Å². The highest BCUT2D eigenvalue weighted by Gasteiger charge is 2.31. The molecule has 1 aromatic rings. The molecule has 2 aliphatic rings. The van der Waals surface area contributed by atoms with E-state index >= 15 is 0 Å². The van der Waals surface area contributed by atoms with Crippen molar-refractivity contribution < 1.29 is 4.39 Å². The zero-order valence-electron chi connectivity index (χ0n) is 9.32. The third-order valence-corrected chi connectivity index (χ3v) is 3.68. The van der Waals surface area contributed by atoms with Gasteiger partial charge in [0.25, 0.3) is 0 Å². The molecule has 0 saturated carbocycles. The molecule has 3 rings (SSSR count). The highest BCUT2D eigenvalue weighted by Crippen LogP contribution is 2.29. The van der Waals surface area contributed by atoms with E-state index in [4.69, 9.17) is 0 Å². The zero-order valence-corrected chi connectivity index (χ0v) is 9.32. The Kier molecular flexibility index (Phi) is 2.56. The molecule has 0 aromatic heterocycles. The van der Waals surface area contributed by atoms with Crippen LogP contribution in [0.25, 0.3) is 0 Å². The largest absolute Gasteiger partial charge is 0.369 e. The molecule has 3 heteroatoms.